The van der Waals surface area contributed by atoms with Gasteiger partial charge in [-0.25, -0.2) is 4.98 Å². The lowest BCUT2D eigenvalue weighted by Crippen LogP contribution is -2.14. The van der Waals surface area contributed by atoms with Gasteiger partial charge in [-0.1, -0.05) is 23.2 Å². The number of hydrogen-bond acceptors (Lipinski definition) is 4. The zero-order valence-corrected chi connectivity index (χ0v) is 14.2. The van der Waals surface area contributed by atoms with Gasteiger partial charge in [0, 0.05) is 35.3 Å². The molecular formula is C17H14Cl2N4. The summed E-state index contributed by atoms with van der Waals surface area (Å²) in [6.45, 7) is 0. The molecule has 116 valence electrons. The van der Waals surface area contributed by atoms with Crippen LogP contribution in [-0.2, 0) is 0 Å². The van der Waals surface area contributed by atoms with E-state index in [1.54, 1.807) is 0 Å². The highest BCUT2D eigenvalue weighted by atomic mass is 35.5. The van der Waals surface area contributed by atoms with Crippen LogP contribution in [0.1, 0.15) is 0 Å². The largest absolute Gasteiger partial charge is 0.347 e. The Morgan fingerprint density at radius 2 is 1.04 bits per heavy atom. The lowest BCUT2D eigenvalue weighted by Gasteiger charge is -2.13. The first-order valence-corrected chi connectivity index (χ1v) is 7.74. The summed E-state index contributed by atoms with van der Waals surface area (Å²) in [7, 11) is 3.79. The molecule has 0 amide bonds. The van der Waals surface area contributed by atoms with Gasteiger partial charge in [-0.15, -0.1) is 0 Å². The van der Waals surface area contributed by atoms with Gasteiger partial charge < -0.3 is 4.90 Å². The minimum atomic E-state index is 0.592. The van der Waals surface area contributed by atoms with Crippen LogP contribution < -0.4 is 4.90 Å². The second-order valence-electron chi connectivity index (χ2n) is 5.19. The monoisotopic (exact) mass is 344 g/mol. The van der Waals surface area contributed by atoms with Crippen LogP contribution in [0.25, 0.3) is 22.8 Å². The molecule has 1 heterocycles. The molecule has 0 aliphatic carbocycles. The second kappa shape index (κ2) is 6.52. The molecule has 0 aliphatic rings. The summed E-state index contributed by atoms with van der Waals surface area (Å²) in [5.74, 6) is 1.80. The van der Waals surface area contributed by atoms with E-state index in [4.69, 9.17) is 23.2 Å². The maximum absolute atomic E-state index is 5.95. The molecule has 6 heteroatoms. The highest BCUT2D eigenvalue weighted by Gasteiger charge is 2.11. The van der Waals surface area contributed by atoms with Crippen LogP contribution in [0.4, 0.5) is 5.95 Å². The average molecular weight is 345 g/mol. The number of anilines is 1. The maximum Gasteiger partial charge on any atom is 0.228 e. The van der Waals surface area contributed by atoms with Gasteiger partial charge in [-0.2, -0.15) is 9.97 Å². The average Bonchev–Trinajstić information content (AvgIpc) is 2.55. The summed E-state index contributed by atoms with van der Waals surface area (Å²) in [5.41, 5.74) is 1.77. The van der Waals surface area contributed by atoms with Gasteiger partial charge in [-0.3, -0.25) is 0 Å². The summed E-state index contributed by atoms with van der Waals surface area (Å²) >= 11 is 11.9. The second-order valence-corrected chi connectivity index (χ2v) is 6.06. The number of nitrogens with zero attached hydrogens (tertiary/aromatic N) is 4. The maximum atomic E-state index is 5.95. The van der Waals surface area contributed by atoms with Crippen molar-refractivity contribution in [3.05, 3.63) is 58.6 Å². The predicted molar refractivity (Wildman–Crippen MR) is 95.0 cm³/mol. The van der Waals surface area contributed by atoms with Gasteiger partial charge >= 0.3 is 0 Å². The van der Waals surface area contributed by atoms with Crippen molar-refractivity contribution in [3.63, 3.8) is 0 Å². The van der Waals surface area contributed by atoms with E-state index in [-0.39, 0.29) is 0 Å². The van der Waals surface area contributed by atoms with E-state index in [2.05, 4.69) is 15.0 Å². The number of rotatable bonds is 3. The van der Waals surface area contributed by atoms with Gasteiger partial charge in [0.1, 0.15) is 0 Å². The Morgan fingerprint density at radius 3 is 1.39 bits per heavy atom. The van der Waals surface area contributed by atoms with Gasteiger partial charge in [0.15, 0.2) is 11.6 Å². The Hall–Kier alpha value is -2.17. The van der Waals surface area contributed by atoms with Crippen LogP contribution in [-0.4, -0.2) is 29.0 Å². The Labute approximate surface area is 144 Å². The van der Waals surface area contributed by atoms with E-state index >= 15 is 0 Å². The van der Waals surface area contributed by atoms with E-state index in [1.165, 1.54) is 0 Å². The molecule has 0 fully saturated rings. The van der Waals surface area contributed by atoms with Gasteiger partial charge in [0.2, 0.25) is 5.95 Å². The van der Waals surface area contributed by atoms with Crippen LogP contribution in [0.2, 0.25) is 10.0 Å². The number of aromatic nitrogens is 3. The summed E-state index contributed by atoms with van der Waals surface area (Å²) in [6, 6.07) is 14.8. The van der Waals surface area contributed by atoms with Gasteiger partial charge in [0.25, 0.3) is 0 Å². The van der Waals surface area contributed by atoms with Crippen LogP contribution in [0, 0.1) is 0 Å². The lowest BCUT2D eigenvalue weighted by atomic mass is 10.2. The number of benzene rings is 2. The molecule has 0 saturated carbocycles. The van der Waals surface area contributed by atoms with Crippen molar-refractivity contribution < 1.29 is 0 Å². The van der Waals surface area contributed by atoms with Crippen LogP contribution in [0.3, 0.4) is 0 Å². The molecule has 23 heavy (non-hydrogen) atoms. The Balaban J connectivity index is 2.13. The van der Waals surface area contributed by atoms with Crippen LogP contribution in [0.15, 0.2) is 48.5 Å². The standard InChI is InChI=1S/C17H14Cl2N4/c1-23(2)17-21-15(11-3-7-13(18)8-4-11)20-16(22-17)12-5-9-14(19)10-6-12/h3-10H,1-2H3. The molecular weight excluding hydrogens is 331 g/mol. The molecule has 0 bridgehead atoms. The molecule has 1 aromatic heterocycles. The third kappa shape index (κ3) is 3.60. The molecule has 0 unspecified atom stereocenters. The first kappa shape index (κ1) is 15.7. The molecule has 4 nitrogen and oxygen atoms in total. The van der Waals surface area contributed by atoms with Crippen molar-refractivity contribution >= 4 is 29.2 Å². The van der Waals surface area contributed by atoms with E-state index in [0.29, 0.717) is 27.6 Å². The third-order valence-electron chi connectivity index (χ3n) is 3.23. The molecule has 0 radical (unpaired) electrons. The van der Waals surface area contributed by atoms with Crippen molar-refractivity contribution in [3.8, 4) is 22.8 Å². The van der Waals surface area contributed by atoms with E-state index in [0.717, 1.165) is 11.1 Å². The van der Waals surface area contributed by atoms with E-state index in [9.17, 15) is 0 Å². The first-order valence-electron chi connectivity index (χ1n) is 6.98. The fraction of sp³-hybridized carbons (Fsp3) is 0.118. The fourth-order valence-electron chi connectivity index (χ4n) is 2.02. The molecule has 3 aromatic rings. The molecule has 3 rings (SSSR count). The number of hydrogen-bond donors (Lipinski definition) is 0. The molecule has 0 atom stereocenters. The number of halogens is 2. The van der Waals surface area contributed by atoms with Crippen molar-refractivity contribution in [1.82, 2.24) is 15.0 Å². The van der Waals surface area contributed by atoms with Gasteiger partial charge in [-0.05, 0) is 48.5 Å². The minimum absolute atomic E-state index is 0.592. The highest BCUT2D eigenvalue weighted by Crippen LogP contribution is 2.24. The zero-order chi connectivity index (χ0) is 16.4. The van der Waals surface area contributed by atoms with Gasteiger partial charge in [0.05, 0.1) is 0 Å². The quantitative estimate of drug-likeness (QED) is 0.697. The summed E-state index contributed by atoms with van der Waals surface area (Å²) in [6.07, 6.45) is 0. The molecule has 0 saturated heterocycles. The summed E-state index contributed by atoms with van der Waals surface area (Å²) < 4.78 is 0. The summed E-state index contributed by atoms with van der Waals surface area (Å²) in [5, 5.41) is 1.35. The van der Waals surface area contributed by atoms with Crippen LogP contribution in [0.5, 0.6) is 0 Å². The van der Waals surface area contributed by atoms with Crippen molar-refractivity contribution in [2.45, 2.75) is 0 Å². The predicted octanol–water partition coefficient (Wildman–Crippen LogP) is 4.58. The van der Waals surface area contributed by atoms with E-state index < -0.39 is 0 Å². The first-order chi connectivity index (χ1) is 11.0. The topological polar surface area (TPSA) is 41.9 Å². The van der Waals surface area contributed by atoms with E-state index in [1.807, 2.05) is 67.5 Å². The highest BCUT2D eigenvalue weighted by molar-refractivity contribution is 6.30. The lowest BCUT2D eigenvalue weighted by molar-refractivity contribution is 0.967. The minimum Gasteiger partial charge on any atom is -0.347 e. The van der Waals surface area contributed by atoms with Crippen LogP contribution >= 0.6 is 23.2 Å². The summed E-state index contributed by atoms with van der Waals surface area (Å²) in [4.78, 5) is 15.4. The Kier molecular flexibility index (Phi) is 4.46. The fourth-order valence-corrected chi connectivity index (χ4v) is 2.27. The normalized spacial score (nSPS) is 10.6. The Morgan fingerprint density at radius 1 is 0.652 bits per heavy atom. The molecule has 0 aliphatic heterocycles. The third-order valence-corrected chi connectivity index (χ3v) is 3.73. The molecule has 0 spiro atoms. The molecule has 2 aromatic carbocycles. The van der Waals surface area contributed by atoms with Crippen molar-refractivity contribution in [1.29, 1.82) is 0 Å². The SMILES string of the molecule is CN(C)c1nc(-c2ccc(Cl)cc2)nc(-c2ccc(Cl)cc2)n1. The van der Waals surface area contributed by atoms with Crippen molar-refractivity contribution in [2.75, 3.05) is 19.0 Å². The Bertz CT molecular complexity index is 751. The van der Waals surface area contributed by atoms with Crippen molar-refractivity contribution in [2.24, 2.45) is 0 Å². The smallest absolute Gasteiger partial charge is 0.228 e. The zero-order valence-electron chi connectivity index (χ0n) is 12.7. The molecule has 0 N–H and O–H groups in total.